The molecule has 3 aromatic rings. The van der Waals surface area contributed by atoms with Gasteiger partial charge in [-0.15, -0.1) is 0 Å². The SMILES string of the molecule is COc1ccc(C)c2oc(C3=C(C)NC4C(c5ccccc5)C(C(F)(F)F)NN4C3=O)nc12. The van der Waals surface area contributed by atoms with Crippen LogP contribution in [0.4, 0.5) is 13.2 Å². The first-order chi connectivity index (χ1) is 15.7. The average molecular weight is 458 g/mol. The molecule has 1 aromatic heterocycles. The van der Waals surface area contributed by atoms with E-state index in [0.29, 0.717) is 28.1 Å². The Balaban J connectivity index is 1.60. The maximum atomic E-state index is 14.0. The van der Waals surface area contributed by atoms with Crippen LogP contribution in [0, 0.1) is 6.92 Å². The molecule has 3 heterocycles. The molecular weight excluding hydrogens is 437 g/mol. The van der Waals surface area contributed by atoms with Crippen molar-refractivity contribution in [3.8, 4) is 5.75 Å². The number of amides is 1. The molecule has 33 heavy (non-hydrogen) atoms. The number of nitrogens with zero attached hydrogens (tertiary/aromatic N) is 2. The number of allylic oxidation sites excluding steroid dienone is 1. The van der Waals surface area contributed by atoms with Gasteiger partial charge in [0.2, 0.25) is 5.89 Å². The molecule has 2 N–H and O–H groups in total. The van der Waals surface area contributed by atoms with Crippen molar-refractivity contribution in [2.75, 3.05) is 7.11 Å². The van der Waals surface area contributed by atoms with Gasteiger partial charge in [0.1, 0.15) is 23.5 Å². The molecular formula is C23H21F3N4O3. The molecule has 10 heteroatoms. The van der Waals surface area contributed by atoms with Crippen molar-refractivity contribution in [3.05, 3.63) is 65.2 Å². The second kappa shape index (κ2) is 7.51. The minimum atomic E-state index is -4.57. The Morgan fingerprint density at radius 3 is 2.52 bits per heavy atom. The Labute approximate surface area is 187 Å². The first-order valence-corrected chi connectivity index (χ1v) is 10.3. The zero-order valence-electron chi connectivity index (χ0n) is 18.0. The standard InChI is InChI=1S/C23H21F3N4O3/c1-11-9-10-14(32-3)17-18(11)33-21(28-17)15-12(2)27-20-16(13-7-5-4-6-8-13)19(23(24,25)26)29-30(20)22(15)31/h4-10,16,19-20,27,29H,1-3H3. The van der Waals surface area contributed by atoms with E-state index >= 15 is 0 Å². The van der Waals surface area contributed by atoms with E-state index in [1.54, 1.807) is 49.4 Å². The van der Waals surface area contributed by atoms with Crippen LogP contribution in [0.1, 0.15) is 29.9 Å². The number of rotatable bonds is 3. The molecule has 5 rings (SSSR count). The van der Waals surface area contributed by atoms with Crippen molar-refractivity contribution >= 4 is 22.6 Å². The summed E-state index contributed by atoms with van der Waals surface area (Å²) in [5.74, 6) is -1.21. The van der Waals surface area contributed by atoms with Crippen LogP contribution >= 0.6 is 0 Å². The van der Waals surface area contributed by atoms with Crippen LogP contribution in [0.3, 0.4) is 0 Å². The normalized spacial score (nSPS) is 23.2. The van der Waals surface area contributed by atoms with Gasteiger partial charge in [-0.2, -0.15) is 13.2 Å². The Morgan fingerprint density at radius 2 is 1.85 bits per heavy atom. The van der Waals surface area contributed by atoms with Crippen LogP contribution < -0.4 is 15.5 Å². The van der Waals surface area contributed by atoms with Crippen molar-refractivity contribution in [1.29, 1.82) is 0 Å². The fourth-order valence-corrected chi connectivity index (χ4v) is 4.53. The van der Waals surface area contributed by atoms with Gasteiger partial charge in [-0.25, -0.2) is 15.4 Å². The minimum absolute atomic E-state index is 0.0135. The van der Waals surface area contributed by atoms with E-state index in [1.807, 2.05) is 6.92 Å². The number of hydrazine groups is 1. The number of ether oxygens (including phenoxy) is 1. The number of hydrogen-bond acceptors (Lipinski definition) is 6. The lowest BCUT2D eigenvalue weighted by atomic mass is 9.89. The number of methoxy groups -OCH3 is 1. The highest BCUT2D eigenvalue weighted by Gasteiger charge is 2.58. The summed E-state index contributed by atoms with van der Waals surface area (Å²) in [4.78, 5) is 17.9. The summed E-state index contributed by atoms with van der Waals surface area (Å²) in [5.41, 5.74) is 4.98. The van der Waals surface area contributed by atoms with E-state index in [1.165, 1.54) is 7.11 Å². The third-order valence-electron chi connectivity index (χ3n) is 6.10. The molecule has 172 valence electrons. The number of oxazole rings is 1. The maximum Gasteiger partial charge on any atom is 0.406 e. The minimum Gasteiger partial charge on any atom is -0.494 e. The van der Waals surface area contributed by atoms with Crippen LogP contribution in [-0.2, 0) is 4.79 Å². The molecule has 1 fully saturated rings. The third-order valence-corrected chi connectivity index (χ3v) is 6.10. The van der Waals surface area contributed by atoms with Gasteiger partial charge in [0.05, 0.1) is 13.0 Å². The fraction of sp³-hybridized carbons (Fsp3) is 0.304. The van der Waals surface area contributed by atoms with Crippen molar-refractivity contribution in [3.63, 3.8) is 0 Å². The van der Waals surface area contributed by atoms with Crippen molar-refractivity contribution < 1.29 is 27.1 Å². The Kier molecular flexibility index (Phi) is 4.86. The number of aryl methyl sites for hydroxylation is 1. The highest BCUT2D eigenvalue weighted by molar-refractivity contribution is 6.20. The van der Waals surface area contributed by atoms with Crippen LogP contribution in [0.15, 0.2) is 52.6 Å². The van der Waals surface area contributed by atoms with E-state index in [9.17, 15) is 18.0 Å². The molecule has 3 atom stereocenters. The highest BCUT2D eigenvalue weighted by atomic mass is 19.4. The van der Waals surface area contributed by atoms with Gasteiger partial charge in [0.15, 0.2) is 11.1 Å². The molecule has 0 bridgehead atoms. The highest BCUT2D eigenvalue weighted by Crippen LogP contribution is 2.43. The number of hydrogen-bond donors (Lipinski definition) is 2. The van der Waals surface area contributed by atoms with Crippen LogP contribution in [0.25, 0.3) is 16.7 Å². The number of alkyl halides is 3. The van der Waals surface area contributed by atoms with E-state index in [0.717, 1.165) is 10.6 Å². The van der Waals surface area contributed by atoms with Gasteiger partial charge in [0.25, 0.3) is 5.91 Å². The second-order valence-corrected chi connectivity index (χ2v) is 8.13. The van der Waals surface area contributed by atoms with Gasteiger partial charge < -0.3 is 14.5 Å². The zero-order valence-corrected chi connectivity index (χ0v) is 18.0. The van der Waals surface area contributed by atoms with Gasteiger partial charge in [-0.3, -0.25) is 4.79 Å². The molecule has 2 aliphatic heterocycles. The first-order valence-electron chi connectivity index (χ1n) is 10.3. The predicted octanol–water partition coefficient (Wildman–Crippen LogP) is 3.87. The van der Waals surface area contributed by atoms with Gasteiger partial charge in [0, 0.05) is 5.70 Å². The van der Waals surface area contributed by atoms with Crippen LogP contribution in [0.5, 0.6) is 5.75 Å². The van der Waals surface area contributed by atoms with Crippen molar-refractivity contribution in [1.82, 2.24) is 20.7 Å². The molecule has 7 nitrogen and oxygen atoms in total. The van der Waals surface area contributed by atoms with Crippen molar-refractivity contribution in [2.45, 2.75) is 38.1 Å². The lowest BCUT2D eigenvalue weighted by Gasteiger charge is -2.34. The summed E-state index contributed by atoms with van der Waals surface area (Å²) in [6.45, 7) is 3.46. The number of aromatic nitrogens is 1. The maximum absolute atomic E-state index is 14.0. The fourth-order valence-electron chi connectivity index (χ4n) is 4.53. The molecule has 2 aromatic carbocycles. The van der Waals surface area contributed by atoms with Gasteiger partial charge in [-0.1, -0.05) is 36.4 Å². The predicted molar refractivity (Wildman–Crippen MR) is 114 cm³/mol. The molecule has 2 aliphatic rings. The molecule has 3 unspecified atom stereocenters. The zero-order chi connectivity index (χ0) is 23.5. The summed E-state index contributed by atoms with van der Waals surface area (Å²) in [6, 6.07) is 9.95. The molecule has 0 saturated carbocycles. The summed E-state index contributed by atoms with van der Waals surface area (Å²) >= 11 is 0. The Morgan fingerprint density at radius 1 is 1.12 bits per heavy atom. The number of fused-ring (bicyclic) bond motifs is 2. The Bertz CT molecular complexity index is 1270. The summed E-state index contributed by atoms with van der Waals surface area (Å²) < 4.78 is 53.1. The second-order valence-electron chi connectivity index (χ2n) is 8.13. The van der Waals surface area contributed by atoms with E-state index in [-0.39, 0.29) is 11.5 Å². The van der Waals surface area contributed by atoms with E-state index in [2.05, 4.69) is 15.7 Å². The molecule has 1 saturated heterocycles. The Hall–Kier alpha value is -3.53. The summed E-state index contributed by atoms with van der Waals surface area (Å²) in [5, 5.41) is 4.08. The third kappa shape index (κ3) is 3.32. The van der Waals surface area contributed by atoms with Crippen LogP contribution in [-0.4, -0.2) is 41.4 Å². The monoisotopic (exact) mass is 458 g/mol. The number of carbonyl (C=O) groups excluding carboxylic acids is 1. The molecule has 1 amide bonds. The average Bonchev–Trinajstić information content (AvgIpc) is 3.38. The molecule has 0 aliphatic carbocycles. The number of halogens is 3. The lowest BCUT2D eigenvalue weighted by Crippen LogP contribution is -2.54. The van der Waals surface area contributed by atoms with Gasteiger partial charge >= 0.3 is 6.18 Å². The van der Waals surface area contributed by atoms with E-state index < -0.39 is 30.2 Å². The topological polar surface area (TPSA) is 79.6 Å². The smallest absolute Gasteiger partial charge is 0.406 e. The number of benzene rings is 2. The number of nitrogens with one attached hydrogen (secondary N) is 2. The van der Waals surface area contributed by atoms with E-state index in [4.69, 9.17) is 9.15 Å². The largest absolute Gasteiger partial charge is 0.494 e. The van der Waals surface area contributed by atoms with Crippen molar-refractivity contribution in [2.24, 2.45) is 0 Å². The summed E-state index contributed by atoms with van der Waals surface area (Å²) in [7, 11) is 1.50. The molecule has 0 spiro atoms. The van der Waals surface area contributed by atoms with Crippen LogP contribution in [0.2, 0.25) is 0 Å². The van der Waals surface area contributed by atoms with Gasteiger partial charge in [-0.05, 0) is 31.0 Å². The first kappa shape index (κ1) is 21.3. The summed E-state index contributed by atoms with van der Waals surface area (Å²) in [6.07, 6.45) is -5.51. The lowest BCUT2D eigenvalue weighted by molar-refractivity contribution is -0.161. The number of carbonyl (C=O) groups is 1. The molecule has 0 radical (unpaired) electrons. The quantitative estimate of drug-likeness (QED) is 0.621.